The minimum absolute atomic E-state index is 0.154. The van der Waals surface area contributed by atoms with Gasteiger partial charge in [0.25, 0.3) is 0 Å². The maximum Gasteiger partial charge on any atom is 0.407 e. The van der Waals surface area contributed by atoms with Crippen molar-refractivity contribution in [3.05, 3.63) is 89.5 Å². The number of amides is 4. The number of alkyl carbamates (subject to hydrolysis) is 2. The van der Waals surface area contributed by atoms with Crippen molar-refractivity contribution in [2.75, 3.05) is 38.8 Å². The summed E-state index contributed by atoms with van der Waals surface area (Å²) in [6.07, 6.45) is 1.07. The van der Waals surface area contributed by atoms with Gasteiger partial charge < -0.3 is 44.8 Å². The van der Waals surface area contributed by atoms with Crippen molar-refractivity contribution in [3.63, 3.8) is 0 Å². The molecule has 0 aliphatic carbocycles. The Morgan fingerprint density at radius 2 is 1.43 bits per heavy atom. The minimum Gasteiger partial charge on any atom is -0.453 e. The predicted molar refractivity (Wildman–Crippen MR) is 249 cm³/mol. The fraction of sp³-hybridized carbons (Fsp3) is 0.500. The first-order valence-electron chi connectivity index (χ1n) is 22.1. The molecule has 342 valence electrons. The number of para-hydroxylation sites is 1. The van der Waals surface area contributed by atoms with Crippen LogP contribution < -0.4 is 15.5 Å². The maximum atomic E-state index is 13.9. The lowest BCUT2D eigenvalue weighted by molar-refractivity contribution is -0.137. The van der Waals surface area contributed by atoms with Crippen LogP contribution in [0.25, 0.3) is 22.1 Å². The van der Waals surface area contributed by atoms with E-state index in [4.69, 9.17) is 14.7 Å². The predicted octanol–water partition coefficient (Wildman–Crippen LogP) is 8.86. The molecular weight excluding hydrogens is 799 g/mol. The average molecular weight is 868 g/mol. The van der Waals surface area contributed by atoms with Crippen LogP contribution in [0.1, 0.15) is 110 Å². The number of benzene rings is 3. The number of carbonyl (C=O) groups is 4. The lowest BCUT2D eigenvalue weighted by Gasteiger charge is -2.34. The first-order valence-corrected chi connectivity index (χ1v) is 22.1. The second-order valence-corrected chi connectivity index (χ2v) is 17.2. The third-order valence-corrected chi connectivity index (χ3v) is 10.2. The Balaban J connectivity index is 0.00000137. The van der Waals surface area contributed by atoms with E-state index in [-0.39, 0.29) is 30.9 Å². The van der Waals surface area contributed by atoms with Crippen molar-refractivity contribution in [2.24, 2.45) is 11.3 Å². The van der Waals surface area contributed by atoms with E-state index in [1.165, 1.54) is 14.2 Å². The number of carbonyl (C=O) groups excluding carboxylic acids is 4. The maximum absolute atomic E-state index is 13.9. The Labute approximate surface area is 372 Å². The summed E-state index contributed by atoms with van der Waals surface area (Å²) in [5, 5.41) is 5.21. The highest BCUT2D eigenvalue weighted by atomic mass is 16.5. The third-order valence-electron chi connectivity index (χ3n) is 10.2. The van der Waals surface area contributed by atoms with E-state index in [1.54, 1.807) is 4.90 Å². The van der Waals surface area contributed by atoms with Crippen molar-refractivity contribution in [3.8, 4) is 0 Å². The largest absolute Gasteiger partial charge is 0.453 e. The lowest BCUT2D eigenvalue weighted by atomic mass is 9.85. The Hall–Kier alpha value is -6.12. The molecule has 0 spiro atoms. The number of imidazole rings is 2. The lowest BCUT2D eigenvalue weighted by Crippen LogP contribution is -2.54. The Bertz CT molecular complexity index is 2240. The molecule has 0 saturated carbocycles. The number of nitrogens with one attached hydrogen (secondary N) is 4. The number of likely N-dealkylation sites (tertiary alicyclic amines) is 1. The van der Waals surface area contributed by atoms with Gasteiger partial charge in [0.1, 0.15) is 24.2 Å². The van der Waals surface area contributed by atoms with Crippen LogP contribution in [-0.4, -0.2) is 93.6 Å². The van der Waals surface area contributed by atoms with Crippen LogP contribution in [0.4, 0.5) is 15.3 Å². The molecule has 0 bridgehead atoms. The van der Waals surface area contributed by atoms with Gasteiger partial charge in [-0.05, 0) is 78.1 Å². The van der Waals surface area contributed by atoms with Gasteiger partial charge in [0, 0.05) is 31.9 Å². The zero-order valence-corrected chi connectivity index (χ0v) is 39.1. The van der Waals surface area contributed by atoms with Gasteiger partial charge in [0.05, 0.1) is 48.9 Å². The van der Waals surface area contributed by atoms with Gasteiger partial charge in [-0.1, -0.05) is 92.6 Å². The number of H-pyrrole nitrogens is 2. The van der Waals surface area contributed by atoms with Crippen LogP contribution in [-0.2, 0) is 38.7 Å². The van der Waals surface area contributed by atoms with Crippen molar-refractivity contribution in [1.29, 1.82) is 0 Å². The quantitative estimate of drug-likeness (QED) is 0.0849. The van der Waals surface area contributed by atoms with Crippen LogP contribution in [0.2, 0.25) is 0 Å². The number of ether oxygens (including phenoxy) is 2. The first-order chi connectivity index (χ1) is 30.1. The van der Waals surface area contributed by atoms with E-state index in [9.17, 15) is 19.2 Å². The average Bonchev–Trinajstić information content (AvgIpc) is 4.02. The zero-order chi connectivity index (χ0) is 46.3. The molecule has 2 aromatic heterocycles. The van der Waals surface area contributed by atoms with E-state index in [0.29, 0.717) is 32.0 Å². The Morgan fingerprint density at radius 3 is 2.00 bits per heavy atom. The normalized spacial score (nSPS) is 14.0. The Morgan fingerprint density at radius 1 is 0.841 bits per heavy atom. The van der Waals surface area contributed by atoms with Gasteiger partial charge in [0.15, 0.2) is 0 Å². The summed E-state index contributed by atoms with van der Waals surface area (Å²) in [6, 6.07) is 21.6. The summed E-state index contributed by atoms with van der Waals surface area (Å²) in [5.74, 6) is 1.84. The summed E-state index contributed by atoms with van der Waals surface area (Å²) in [5.41, 5.74) is 6.08. The molecule has 6 rings (SSSR count). The molecule has 3 aromatic carbocycles. The van der Waals surface area contributed by atoms with E-state index < -0.39 is 23.6 Å². The fourth-order valence-electron chi connectivity index (χ4n) is 7.31. The summed E-state index contributed by atoms with van der Waals surface area (Å²) in [6.45, 7) is 20.7. The number of methoxy groups -OCH3 is 2. The molecule has 4 amide bonds. The molecule has 1 aliphatic heterocycles. The van der Waals surface area contributed by atoms with Crippen LogP contribution in [0, 0.1) is 11.3 Å². The van der Waals surface area contributed by atoms with Crippen molar-refractivity contribution in [1.82, 2.24) is 40.4 Å². The standard InChI is InChI=1S/C42H53N9O6.C4H10.C2H6/c1-7-19-49(36(52)23-43-40(54)56-5)26-35-44-30-17-15-27(21-32(30)45-35)24-50(29-12-9-8-10-13-29)25-28-16-18-31-33(22-28)47-38(46-31)34-14-11-20-51(34)39(53)37(42(2,3)4)48-41(55)57-6;1-4(2)3;1-2/h8-10,12-13,15-18,21-22,34,37H,7,11,14,19-20,23-26H2,1-6H3,(H,43,54)(H,44,45)(H,46,47)(H,48,55);4H,1-3H3;1-2H3. The van der Waals surface area contributed by atoms with Crippen LogP contribution in [0.15, 0.2) is 66.7 Å². The van der Waals surface area contributed by atoms with Crippen molar-refractivity contribution in [2.45, 2.75) is 113 Å². The number of hydrogen-bond acceptors (Lipinski definition) is 9. The second-order valence-electron chi connectivity index (χ2n) is 17.2. The monoisotopic (exact) mass is 868 g/mol. The fourth-order valence-corrected chi connectivity index (χ4v) is 7.31. The summed E-state index contributed by atoms with van der Waals surface area (Å²) in [7, 11) is 2.55. The number of aromatic amines is 2. The molecule has 5 aromatic rings. The van der Waals surface area contributed by atoms with Crippen LogP contribution in [0.3, 0.4) is 0 Å². The van der Waals surface area contributed by atoms with E-state index in [1.807, 2.05) is 76.8 Å². The second kappa shape index (κ2) is 23.4. The van der Waals surface area contributed by atoms with Gasteiger partial charge in [-0.2, -0.15) is 0 Å². The topological polar surface area (TPSA) is 178 Å². The van der Waals surface area contributed by atoms with Crippen molar-refractivity contribution < 1.29 is 28.7 Å². The van der Waals surface area contributed by atoms with Gasteiger partial charge in [-0.15, -0.1) is 0 Å². The zero-order valence-electron chi connectivity index (χ0n) is 39.1. The number of fused-ring (bicyclic) bond motifs is 2. The van der Waals surface area contributed by atoms with Crippen LogP contribution >= 0.6 is 0 Å². The highest BCUT2D eigenvalue weighted by molar-refractivity contribution is 5.87. The molecule has 1 fully saturated rings. The molecule has 63 heavy (non-hydrogen) atoms. The SMILES string of the molecule is CC.CC(C)C.CCCN(Cc1nc2ccc(CN(Cc3ccc4nc(C5CCCN5C(=O)C(NC(=O)OC)C(C)(C)C)[nH]c4c3)c3ccccc3)cc2[nH]1)C(=O)CNC(=O)OC. The molecule has 3 heterocycles. The number of rotatable bonds is 14. The molecule has 15 nitrogen and oxygen atoms in total. The van der Waals surface area contributed by atoms with Gasteiger partial charge in [0.2, 0.25) is 11.8 Å². The molecule has 4 N–H and O–H groups in total. The first kappa shape index (κ1) is 49.5. The van der Waals surface area contributed by atoms with Crippen molar-refractivity contribution >= 4 is 51.8 Å². The van der Waals surface area contributed by atoms with E-state index in [2.05, 4.69) is 87.4 Å². The van der Waals surface area contributed by atoms with E-state index in [0.717, 1.165) is 69.9 Å². The van der Waals surface area contributed by atoms with Gasteiger partial charge >= 0.3 is 12.2 Å². The molecule has 1 saturated heterocycles. The van der Waals surface area contributed by atoms with Gasteiger partial charge in [-0.25, -0.2) is 19.6 Å². The summed E-state index contributed by atoms with van der Waals surface area (Å²) in [4.78, 5) is 72.9. The minimum atomic E-state index is -0.753. The number of hydrogen-bond donors (Lipinski definition) is 4. The summed E-state index contributed by atoms with van der Waals surface area (Å²) < 4.78 is 9.43. The Kier molecular flexibility index (Phi) is 18.4. The summed E-state index contributed by atoms with van der Waals surface area (Å²) >= 11 is 0. The molecule has 0 radical (unpaired) electrons. The number of anilines is 1. The molecule has 1 aliphatic rings. The number of nitrogens with zero attached hydrogens (tertiary/aromatic N) is 5. The molecule has 2 atom stereocenters. The third kappa shape index (κ3) is 13.9. The highest BCUT2D eigenvalue weighted by Crippen LogP contribution is 2.34. The number of aromatic nitrogens is 4. The van der Waals surface area contributed by atoms with E-state index >= 15 is 0 Å². The smallest absolute Gasteiger partial charge is 0.407 e. The highest BCUT2D eigenvalue weighted by Gasteiger charge is 2.41. The molecular formula is C48H69N9O6. The van der Waals surface area contributed by atoms with Crippen LogP contribution in [0.5, 0.6) is 0 Å². The molecule has 15 heteroatoms. The molecule has 2 unspecified atom stereocenters. The van der Waals surface area contributed by atoms with Gasteiger partial charge in [-0.3, -0.25) is 9.59 Å².